The fraction of sp³-hybridized carbons (Fsp3) is 0.667. The summed E-state index contributed by atoms with van der Waals surface area (Å²) in [4.78, 5) is 0. The maximum absolute atomic E-state index is 13.3. The molecule has 0 unspecified atom stereocenters. The normalized spacial score (nSPS) is 12.0. The summed E-state index contributed by atoms with van der Waals surface area (Å²) in [6, 6.07) is 3.94. The highest BCUT2D eigenvalue weighted by Crippen LogP contribution is 2.37. The molecule has 4 nitrogen and oxygen atoms in total. The third-order valence-corrected chi connectivity index (χ3v) is 4.15. The van der Waals surface area contributed by atoms with E-state index in [0.717, 1.165) is 31.7 Å². The number of aryl methyl sites for hydroxylation is 1. The first-order valence-corrected chi connectivity index (χ1v) is 8.59. The third-order valence-electron chi connectivity index (χ3n) is 4.15. The fourth-order valence-corrected chi connectivity index (χ4v) is 2.39. The molecule has 0 atom stereocenters. The Kier molecular flexibility index (Phi) is 11.2. The van der Waals surface area contributed by atoms with Gasteiger partial charge in [0, 0.05) is 0 Å². The number of ether oxygens (including phenoxy) is 1. The van der Waals surface area contributed by atoms with Gasteiger partial charge in [-0.15, -0.1) is 12.4 Å². The van der Waals surface area contributed by atoms with Crippen LogP contribution in [0.5, 0.6) is 5.75 Å². The van der Waals surface area contributed by atoms with Crippen LogP contribution in [0.25, 0.3) is 0 Å². The molecule has 0 aromatic heterocycles. The number of aliphatic hydroxyl groups is 2. The van der Waals surface area contributed by atoms with Crippen LogP contribution in [0, 0.1) is 0 Å². The molecule has 4 N–H and O–H groups in total. The van der Waals surface area contributed by atoms with Crippen LogP contribution in [0.2, 0.25) is 0 Å². The largest absolute Gasteiger partial charge is 0.493 e. The topological polar surface area (TPSA) is 75.7 Å². The van der Waals surface area contributed by atoms with Gasteiger partial charge in [0.25, 0.3) is 0 Å². The highest BCUT2D eigenvalue weighted by atomic mass is 35.5. The monoisotopic (exact) mass is 399 g/mol. The number of unbranched alkanes of at least 4 members (excludes halogenated alkanes) is 3. The van der Waals surface area contributed by atoms with Crippen molar-refractivity contribution < 1.29 is 28.1 Å². The van der Waals surface area contributed by atoms with Gasteiger partial charge in [0.1, 0.15) is 5.75 Å². The van der Waals surface area contributed by atoms with Crippen LogP contribution >= 0.6 is 12.4 Å². The smallest absolute Gasteiger partial charge is 0.419 e. The third kappa shape index (κ3) is 8.12. The number of rotatable bonds is 11. The average molecular weight is 400 g/mol. The Balaban J connectivity index is 0.00000625. The van der Waals surface area contributed by atoms with Crippen molar-refractivity contribution >= 4 is 12.4 Å². The lowest BCUT2D eigenvalue weighted by atomic mass is 9.93. The summed E-state index contributed by atoms with van der Waals surface area (Å²) in [5, 5.41) is 18.3. The highest BCUT2D eigenvalue weighted by Gasteiger charge is 2.35. The molecule has 152 valence electrons. The van der Waals surface area contributed by atoms with E-state index in [1.807, 2.05) is 0 Å². The Hall–Kier alpha value is -1.02. The van der Waals surface area contributed by atoms with E-state index in [1.54, 1.807) is 6.07 Å². The molecule has 8 heteroatoms. The summed E-state index contributed by atoms with van der Waals surface area (Å²) in [7, 11) is 0. The summed E-state index contributed by atoms with van der Waals surface area (Å²) in [5.74, 6) is -0.170. The molecule has 0 heterocycles. The van der Waals surface area contributed by atoms with Crippen molar-refractivity contribution in [2.75, 3.05) is 19.8 Å². The van der Waals surface area contributed by atoms with Gasteiger partial charge in [-0.25, -0.2) is 0 Å². The summed E-state index contributed by atoms with van der Waals surface area (Å²) in [6.45, 7) is 1.44. The number of alkyl halides is 3. The second kappa shape index (κ2) is 11.6. The van der Waals surface area contributed by atoms with Gasteiger partial charge in [-0.05, 0) is 37.0 Å². The van der Waals surface area contributed by atoms with Gasteiger partial charge in [-0.1, -0.05) is 32.3 Å². The van der Waals surface area contributed by atoms with Gasteiger partial charge >= 0.3 is 6.18 Å². The van der Waals surface area contributed by atoms with E-state index in [1.165, 1.54) is 6.07 Å². The molecule has 1 aromatic rings. The predicted molar refractivity (Wildman–Crippen MR) is 97.7 cm³/mol. The first-order chi connectivity index (χ1) is 11.8. The number of halogens is 4. The van der Waals surface area contributed by atoms with Crippen molar-refractivity contribution in [1.29, 1.82) is 0 Å². The molecule has 0 saturated heterocycles. The van der Waals surface area contributed by atoms with Gasteiger partial charge in [0.15, 0.2) is 0 Å². The van der Waals surface area contributed by atoms with Crippen LogP contribution in [-0.2, 0) is 12.6 Å². The minimum atomic E-state index is -4.51. The standard InChI is InChI=1S/C18H28F3NO3.ClH/c1-2-3-4-5-10-25-16-7-6-14(11-15(16)18(19,20)21)8-9-17(22,12-23)13-24;/h6-7,11,23-24H,2-5,8-10,12-13,22H2,1H3;1H. The first kappa shape index (κ1) is 25.0. The minimum Gasteiger partial charge on any atom is -0.493 e. The molecule has 1 rings (SSSR count). The molecule has 0 aliphatic heterocycles. The van der Waals surface area contributed by atoms with E-state index in [4.69, 9.17) is 20.7 Å². The molecule has 0 spiro atoms. The van der Waals surface area contributed by atoms with Crippen LogP contribution in [-0.4, -0.2) is 35.6 Å². The fourth-order valence-electron chi connectivity index (χ4n) is 2.39. The number of benzene rings is 1. The van der Waals surface area contributed by atoms with Crippen molar-refractivity contribution in [3.05, 3.63) is 29.3 Å². The van der Waals surface area contributed by atoms with Crippen LogP contribution in [0.3, 0.4) is 0 Å². The van der Waals surface area contributed by atoms with Gasteiger partial charge in [0.05, 0.1) is 30.9 Å². The highest BCUT2D eigenvalue weighted by molar-refractivity contribution is 5.85. The van der Waals surface area contributed by atoms with Gasteiger partial charge in [-0.3, -0.25) is 0 Å². The van der Waals surface area contributed by atoms with E-state index in [2.05, 4.69) is 6.92 Å². The van der Waals surface area contributed by atoms with Crippen LogP contribution in [0.1, 0.15) is 50.2 Å². The Morgan fingerprint density at radius 2 is 1.73 bits per heavy atom. The molecular weight excluding hydrogens is 371 g/mol. The first-order valence-electron chi connectivity index (χ1n) is 8.59. The maximum Gasteiger partial charge on any atom is 0.419 e. The minimum absolute atomic E-state index is 0. The van der Waals surface area contributed by atoms with Gasteiger partial charge in [0.2, 0.25) is 0 Å². The van der Waals surface area contributed by atoms with Crippen molar-refractivity contribution in [3.63, 3.8) is 0 Å². The summed E-state index contributed by atoms with van der Waals surface area (Å²) >= 11 is 0. The summed E-state index contributed by atoms with van der Waals surface area (Å²) in [5.41, 5.74) is 4.18. The zero-order valence-electron chi connectivity index (χ0n) is 15.0. The van der Waals surface area contributed by atoms with Gasteiger partial charge < -0.3 is 20.7 Å². The lowest BCUT2D eigenvalue weighted by Gasteiger charge is -2.24. The molecule has 1 aromatic carbocycles. The maximum atomic E-state index is 13.3. The average Bonchev–Trinajstić information content (AvgIpc) is 2.59. The Bertz CT molecular complexity index is 523. The molecule has 0 amide bonds. The van der Waals surface area contributed by atoms with Crippen molar-refractivity contribution in [2.24, 2.45) is 5.73 Å². The van der Waals surface area contributed by atoms with E-state index in [0.29, 0.717) is 5.56 Å². The molecule has 0 bridgehead atoms. The quantitative estimate of drug-likeness (QED) is 0.496. The molecule has 0 fully saturated rings. The number of nitrogens with two attached hydrogens (primary N) is 1. The molecular formula is C18H29ClF3NO3. The molecule has 0 radical (unpaired) electrons. The summed E-state index contributed by atoms with van der Waals surface area (Å²) < 4.78 is 45.2. The van der Waals surface area contributed by atoms with Crippen LogP contribution in [0.4, 0.5) is 13.2 Å². The zero-order chi connectivity index (χ0) is 18.9. The number of hydrogen-bond acceptors (Lipinski definition) is 4. The summed E-state index contributed by atoms with van der Waals surface area (Å²) in [6.07, 6.45) is -0.390. The Morgan fingerprint density at radius 1 is 1.08 bits per heavy atom. The van der Waals surface area contributed by atoms with E-state index in [9.17, 15) is 13.2 Å². The Labute approximate surface area is 159 Å². The van der Waals surface area contributed by atoms with Crippen molar-refractivity contribution in [2.45, 2.75) is 57.2 Å². The van der Waals surface area contributed by atoms with Gasteiger partial charge in [-0.2, -0.15) is 13.2 Å². The predicted octanol–water partition coefficient (Wildman–Crippen LogP) is 3.70. The molecule has 26 heavy (non-hydrogen) atoms. The van der Waals surface area contributed by atoms with Crippen molar-refractivity contribution in [3.8, 4) is 5.75 Å². The second-order valence-corrected chi connectivity index (χ2v) is 6.42. The van der Waals surface area contributed by atoms with Crippen LogP contribution < -0.4 is 10.5 Å². The van der Waals surface area contributed by atoms with E-state index >= 15 is 0 Å². The number of hydrogen-bond donors (Lipinski definition) is 3. The molecule has 0 saturated carbocycles. The molecule has 0 aliphatic carbocycles. The Morgan fingerprint density at radius 3 is 2.27 bits per heavy atom. The number of aliphatic hydroxyl groups excluding tert-OH is 2. The van der Waals surface area contributed by atoms with Crippen molar-refractivity contribution in [1.82, 2.24) is 0 Å². The second-order valence-electron chi connectivity index (χ2n) is 6.42. The lowest BCUT2D eigenvalue weighted by Crippen LogP contribution is -2.47. The van der Waals surface area contributed by atoms with E-state index in [-0.39, 0.29) is 37.6 Å². The van der Waals surface area contributed by atoms with E-state index < -0.39 is 30.5 Å². The lowest BCUT2D eigenvalue weighted by molar-refractivity contribution is -0.139. The molecule has 0 aliphatic rings. The SMILES string of the molecule is CCCCCCOc1ccc(CCC(N)(CO)CO)cc1C(F)(F)F.Cl. The van der Waals surface area contributed by atoms with Crippen LogP contribution in [0.15, 0.2) is 18.2 Å². The zero-order valence-corrected chi connectivity index (χ0v) is 15.8.